The van der Waals surface area contributed by atoms with Gasteiger partial charge in [0.2, 0.25) is 0 Å². The highest BCUT2D eigenvalue weighted by Gasteiger charge is 2.50. The normalized spacial score (nSPS) is 17.4. The van der Waals surface area contributed by atoms with Crippen molar-refractivity contribution in [2.75, 3.05) is 6.61 Å². The van der Waals surface area contributed by atoms with Crippen LogP contribution in [0.25, 0.3) is 6.08 Å². The Hall–Kier alpha value is -4.17. The Labute approximate surface area is 199 Å². The number of aryl methyl sites for hydroxylation is 1. The summed E-state index contributed by atoms with van der Waals surface area (Å²) < 4.78 is 5.29. The van der Waals surface area contributed by atoms with Crippen LogP contribution >= 0.6 is 0 Å². The van der Waals surface area contributed by atoms with E-state index in [4.69, 9.17) is 4.74 Å². The zero-order valence-electron chi connectivity index (χ0n) is 19.5. The fraction of sp³-hybridized carbons (Fsp3) is 0.207. The smallest absolute Gasteiger partial charge is 0.338 e. The monoisotopic (exact) mass is 450 g/mol. The molecule has 0 spiro atoms. The summed E-state index contributed by atoms with van der Waals surface area (Å²) in [6.45, 7) is 5.76. The molecule has 2 unspecified atom stereocenters. The van der Waals surface area contributed by atoms with E-state index >= 15 is 0 Å². The van der Waals surface area contributed by atoms with E-state index in [-0.39, 0.29) is 12.5 Å². The molecule has 0 fully saturated rings. The van der Waals surface area contributed by atoms with Gasteiger partial charge in [0.25, 0.3) is 5.91 Å². The van der Waals surface area contributed by atoms with E-state index in [0.29, 0.717) is 22.3 Å². The van der Waals surface area contributed by atoms with Crippen LogP contribution < -0.4 is 0 Å². The van der Waals surface area contributed by atoms with Crippen molar-refractivity contribution in [1.82, 2.24) is 4.90 Å². The zero-order chi connectivity index (χ0) is 24.3. The van der Waals surface area contributed by atoms with Crippen LogP contribution in [0.4, 0.5) is 0 Å². The number of ether oxygens (including phenoxy) is 1. The summed E-state index contributed by atoms with van der Waals surface area (Å²) in [6, 6.07) is 24.5. The van der Waals surface area contributed by atoms with E-state index in [1.54, 1.807) is 31.3 Å². The van der Waals surface area contributed by atoms with Crippen LogP contribution in [0.2, 0.25) is 0 Å². The second-order valence-corrected chi connectivity index (χ2v) is 8.30. The van der Waals surface area contributed by atoms with Gasteiger partial charge in [0.1, 0.15) is 0 Å². The number of nitrogens with zero attached hydrogens (tertiary/aromatic N) is 2. The molecule has 1 aliphatic rings. The lowest BCUT2D eigenvalue weighted by Crippen LogP contribution is -2.51. The molecule has 2 atom stereocenters. The van der Waals surface area contributed by atoms with E-state index in [1.165, 1.54) is 4.90 Å². The third-order valence-corrected chi connectivity index (χ3v) is 6.47. The first-order valence-corrected chi connectivity index (χ1v) is 11.3. The van der Waals surface area contributed by atoms with E-state index < -0.39 is 17.4 Å². The molecule has 1 heterocycles. The lowest BCUT2D eigenvalue weighted by Gasteiger charge is -2.44. The lowest BCUT2D eigenvalue weighted by molar-refractivity contribution is 0.0522. The second-order valence-electron chi connectivity index (χ2n) is 8.30. The summed E-state index contributed by atoms with van der Waals surface area (Å²) in [4.78, 5) is 28.2. The minimum absolute atomic E-state index is 0.244. The first-order valence-electron chi connectivity index (χ1n) is 11.3. The molecule has 3 aromatic carbocycles. The maximum atomic E-state index is 13.9. The molecule has 0 radical (unpaired) electrons. The molecular weight excluding hydrogens is 424 g/mol. The van der Waals surface area contributed by atoms with Crippen molar-refractivity contribution in [1.29, 1.82) is 5.26 Å². The van der Waals surface area contributed by atoms with Crippen molar-refractivity contribution in [2.45, 2.75) is 32.2 Å². The van der Waals surface area contributed by atoms with Crippen molar-refractivity contribution in [2.24, 2.45) is 0 Å². The average Bonchev–Trinajstić information content (AvgIpc) is 2.87. The predicted octanol–water partition coefficient (Wildman–Crippen LogP) is 5.82. The van der Waals surface area contributed by atoms with Crippen LogP contribution in [0.15, 0.2) is 79.0 Å². The van der Waals surface area contributed by atoms with Gasteiger partial charge in [-0.2, -0.15) is 5.26 Å². The van der Waals surface area contributed by atoms with Gasteiger partial charge in [-0.1, -0.05) is 67.6 Å². The van der Waals surface area contributed by atoms with E-state index in [9.17, 15) is 14.9 Å². The van der Waals surface area contributed by atoms with E-state index in [0.717, 1.165) is 11.1 Å². The molecule has 4 rings (SSSR count). The van der Waals surface area contributed by atoms with Gasteiger partial charge in [0.05, 0.1) is 18.2 Å². The van der Waals surface area contributed by atoms with Crippen molar-refractivity contribution < 1.29 is 14.3 Å². The maximum absolute atomic E-state index is 13.9. The van der Waals surface area contributed by atoms with Crippen molar-refractivity contribution in [3.8, 4) is 6.07 Å². The molecule has 5 heteroatoms. The largest absolute Gasteiger partial charge is 0.462 e. The average molecular weight is 451 g/mol. The first-order chi connectivity index (χ1) is 16.5. The van der Waals surface area contributed by atoms with Crippen molar-refractivity contribution in [3.05, 3.63) is 112 Å². The number of benzene rings is 3. The Morgan fingerprint density at radius 1 is 1.00 bits per heavy atom. The summed E-state index contributed by atoms with van der Waals surface area (Å²) in [5, 5.41) is 10.8. The molecule has 0 bridgehead atoms. The van der Waals surface area contributed by atoms with Crippen LogP contribution in [0.1, 0.15) is 62.7 Å². The Morgan fingerprint density at radius 2 is 1.65 bits per heavy atom. The first kappa shape index (κ1) is 23.0. The molecule has 5 nitrogen and oxygen atoms in total. The van der Waals surface area contributed by atoms with Gasteiger partial charge in [-0.25, -0.2) is 4.79 Å². The Kier molecular flexibility index (Phi) is 6.34. The number of hydrogen-bond acceptors (Lipinski definition) is 4. The highest BCUT2D eigenvalue weighted by Crippen LogP contribution is 2.47. The summed E-state index contributed by atoms with van der Waals surface area (Å²) >= 11 is 0. The molecule has 0 saturated heterocycles. The molecule has 1 amide bonds. The molecule has 0 aromatic heterocycles. The van der Waals surface area contributed by atoms with Gasteiger partial charge >= 0.3 is 5.97 Å². The zero-order valence-corrected chi connectivity index (χ0v) is 19.5. The van der Waals surface area contributed by atoms with Gasteiger partial charge in [-0.15, -0.1) is 0 Å². The van der Waals surface area contributed by atoms with Crippen LogP contribution in [-0.4, -0.2) is 23.4 Å². The van der Waals surface area contributed by atoms with Crippen molar-refractivity contribution in [3.63, 3.8) is 0 Å². The maximum Gasteiger partial charge on any atom is 0.338 e. The molecule has 0 N–H and O–H groups in total. The number of rotatable bonds is 5. The van der Waals surface area contributed by atoms with E-state index in [1.807, 2.05) is 74.5 Å². The van der Waals surface area contributed by atoms with Crippen LogP contribution in [0, 0.1) is 18.3 Å². The second kappa shape index (κ2) is 9.36. The summed E-state index contributed by atoms with van der Waals surface area (Å²) in [7, 11) is 0. The Balaban J connectivity index is 1.95. The fourth-order valence-corrected chi connectivity index (χ4v) is 4.71. The Bertz CT molecular complexity index is 1320. The predicted molar refractivity (Wildman–Crippen MR) is 131 cm³/mol. The fourth-order valence-electron chi connectivity index (χ4n) is 4.71. The standard InChI is InChI=1S/C29H26N2O3/c1-4-34-28(33)25-15-9-8-14-24(25)21(3)29(19-30)26-16-10-6-12-22(26)17-18-31(29)27(32)23-13-7-5-11-20(23)2/h5-18,21H,4H2,1-3H3. The highest BCUT2D eigenvalue weighted by atomic mass is 16.5. The lowest BCUT2D eigenvalue weighted by atomic mass is 9.71. The number of fused-ring (bicyclic) bond motifs is 1. The molecule has 34 heavy (non-hydrogen) atoms. The third kappa shape index (κ3) is 3.68. The summed E-state index contributed by atoms with van der Waals surface area (Å²) in [6.07, 6.45) is 3.54. The molecule has 0 aliphatic carbocycles. The van der Waals surface area contributed by atoms with Crippen LogP contribution in [0.5, 0.6) is 0 Å². The van der Waals surface area contributed by atoms with Gasteiger partial charge in [-0.05, 0) is 48.7 Å². The SMILES string of the molecule is CCOC(=O)c1ccccc1C(C)C1(C#N)c2ccccc2C=CN1C(=O)c1ccccc1C. The number of esters is 1. The quantitative estimate of drug-likeness (QED) is 0.459. The minimum atomic E-state index is -1.38. The number of carbonyl (C=O) groups excluding carboxylic acids is 2. The molecule has 170 valence electrons. The minimum Gasteiger partial charge on any atom is -0.462 e. The summed E-state index contributed by atoms with van der Waals surface area (Å²) in [5.41, 5.74) is 2.58. The van der Waals surface area contributed by atoms with Crippen LogP contribution in [-0.2, 0) is 10.3 Å². The van der Waals surface area contributed by atoms with E-state index in [2.05, 4.69) is 6.07 Å². The summed E-state index contributed by atoms with van der Waals surface area (Å²) in [5.74, 6) is -1.27. The molecule has 0 saturated carbocycles. The van der Waals surface area contributed by atoms with Gasteiger partial charge in [0, 0.05) is 23.2 Å². The number of hydrogen-bond donors (Lipinski definition) is 0. The van der Waals surface area contributed by atoms with Gasteiger partial charge in [0.15, 0.2) is 5.54 Å². The third-order valence-electron chi connectivity index (χ3n) is 6.47. The molecular formula is C29H26N2O3. The highest BCUT2D eigenvalue weighted by molar-refractivity contribution is 5.98. The number of amides is 1. The Morgan fingerprint density at radius 3 is 2.35 bits per heavy atom. The van der Waals surface area contributed by atoms with Gasteiger partial charge in [-0.3, -0.25) is 9.69 Å². The van der Waals surface area contributed by atoms with Crippen LogP contribution in [0.3, 0.4) is 0 Å². The van der Waals surface area contributed by atoms with Crippen molar-refractivity contribution >= 4 is 18.0 Å². The van der Waals surface area contributed by atoms with Gasteiger partial charge < -0.3 is 4.74 Å². The topological polar surface area (TPSA) is 70.4 Å². The number of carbonyl (C=O) groups is 2. The molecule has 1 aliphatic heterocycles. The number of nitriles is 1. The molecule has 3 aromatic rings.